The van der Waals surface area contributed by atoms with Crippen molar-refractivity contribution in [1.82, 2.24) is 15.5 Å². The monoisotopic (exact) mass is 504 g/mol. The topological polar surface area (TPSA) is 162 Å². The van der Waals surface area contributed by atoms with E-state index in [9.17, 15) is 29.4 Å². The third-order valence-electron chi connectivity index (χ3n) is 7.17. The van der Waals surface area contributed by atoms with Gasteiger partial charge in [-0.25, -0.2) is 4.79 Å². The van der Waals surface area contributed by atoms with Crippen molar-refractivity contribution in [2.24, 2.45) is 17.6 Å². The maximum Gasteiger partial charge on any atom is 0.326 e. The number of aromatic hydroxyl groups is 1. The quantitative estimate of drug-likeness (QED) is 0.287. The van der Waals surface area contributed by atoms with Gasteiger partial charge in [-0.2, -0.15) is 0 Å². The number of carboxylic acids is 1. The molecule has 200 valence electrons. The largest absolute Gasteiger partial charge is 0.508 e. The van der Waals surface area contributed by atoms with E-state index in [0.29, 0.717) is 31.4 Å². The summed E-state index contributed by atoms with van der Waals surface area (Å²) in [6.45, 7) is 7.81. The lowest BCUT2D eigenvalue weighted by molar-refractivity contribution is -0.144. The molecular weight excluding hydrogens is 464 g/mol. The second-order valence-electron chi connectivity index (χ2n) is 9.74. The van der Waals surface area contributed by atoms with E-state index in [1.165, 1.54) is 17.0 Å². The molecule has 0 bridgehead atoms. The van der Waals surface area contributed by atoms with E-state index in [-0.39, 0.29) is 29.9 Å². The van der Waals surface area contributed by atoms with Gasteiger partial charge in [-0.3, -0.25) is 14.4 Å². The van der Waals surface area contributed by atoms with E-state index in [2.05, 4.69) is 10.6 Å². The van der Waals surface area contributed by atoms with Gasteiger partial charge in [0, 0.05) is 13.0 Å². The molecule has 0 radical (unpaired) electrons. The van der Waals surface area contributed by atoms with Crippen LogP contribution in [-0.2, 0) is 25.6 Å². The van der Waals surface area contributed by atoms with Crippen molar-refractivity contribution < 1.29 is 29.4 Å². The number of hydrogen-bond donors (Lipinski definition) is 5. The maximum atomic E-state index is 13.3. The average Bonchev–Trinajstić information content (AvgIpc) is 3.36. The predicted molar refractivity (Wildman–Crippen MR) is 135 cm³/mol. The number of amides is 3. The molecule has 1 heterocycles. The number of phenolic OH excluding ortho intramolecular Hbond substituents is 1. The molecule has 0 aliphatic carbocycles. The molecule has 1 aliphatic heterocycles. The predicted octanol–water partition coefficient (Wildman–Crippen LogP) is 1.40. The van der Waals surface area contributed by atoms with Crippen molar-refractivity contribution in [3.05, 3.63) is 29.8 Å². The number of hydrogen-bond acceptors (Lipinski definition) is 6. The van der Waals surface area contributed by atoms with E-state index in [0.717, 1.165) is 6.42 Å². The van der Waals surface area contributed by atoms with Crippen molar-refractivity contribution >= 4 is 23.7 Å². The highest BCUT2D eigenvalue weighted by atomic mass is 16.4. The minimum atomic E-state index is -1.15. The zero-order valence-electron chi connectivity index (χ0n) is 21.6. The second kappa shape index (κ2) is 13.2. The minimum Gasteiger partial charge on any atom is -0.508 e. The molecule has 3 amide bonds. The van der Waals surface area contributed by atoms with Crippen molar-refractivity contribution in [2.45, 2.75) is 84.0 Å². The Morgan fingerprint density at radius 3 is 2.22 bits per heavy atom. The van der Waals surface area contributed by atoms with Crippen LogP contribution in [0.5, 0.6) is 5.75 Å². The summed E-state index contributed by atoms with van der Waals surface area (Å²) >= 11 is 0. The molecule has 0 spiro atoms. The van der Waals surface area contributed by atoms with Crippen LogP contribution in [0.25, 0.3) is 0 Å². The van der Waals surface area contributed by atoms with Gasteiger partial charge in [0.15, 0.2) is 0 Å². The minimum absolute atomic E-state index is 0.0386. The summed E-state index contributed by atoms with van der Waals surface area (Å²) in [5.74, 6) is -2.85. The van der Waals surface area contributed by atoms with Gasteiger partial charge in [0.1, 0.15) is 23.9 Å². The third kappa shape index (κ3) is 7.43. The highest BCUT2D eigenvalue weighted by Crippen LogP contribution is 2.21. The Labute approximate surface area is 212 Å². The standard InChI is InChI=1S/C26H40N4O6/c1-5-15(3)21(27)25(34)30-13-7-8-20(30)24(33)28-19(14-17-9-11-18(31)12-10-17)23(32)29-22(26(35)36)16(4)6-2/h9-12,15-16,19-22,31H,5-8,13-14,27H2,1-4H3,(H,28,33)(H,29,32)(H,35,36). The van der Waals surface area contributed by atoms with E-state index < -0.39 is 42.0 Å². The first-order valence-corrected chi connectivity index (χ1v) is 12.7. The Kier molecular flexibility index (Phi) is 10.7. The highest BCUT2D eigenvalue weighted by molar-refractivity contribution is 5.94. The normalized spacial score (nSPS) is 19.6. The van der Waals surface area contributed by atoms with Gasteiger partial charge in [0.25, 0.3) is 0 Å². The van der Waals surface area contributed by atoms with Crippen molar-refractivity contribution in [3.8, 4) is 5.75 Å². The fourth-order valence-corrected chi connectivity index (χ4v) is 4.27. The summed E-state index contributed by atoms with van der Waals surface area (Å²) in [5.41, 5.74) is 6.81. The molecule has 1 aliphatic rings. The van der Waals surface area contributed by atoms with Gasteiger partial charge in [-0.05, 0) is 42.4 Å². The SMILES string of the molecule is CCC(C)C(N)C(=O)N1CCCC1C(=O)NC(Cc1ccc(O)cc1)C(=O)NC(C(=O)O)C(C)CC. The van der Waals surface area contributed by atoms with Crippen LogP contribution in [0.3, 0.4) is 0 Å². The number of nitrogens with one attached hydrogen (secondary N) is 2. The van der Waals surface area contributed by atoms with Crippen molar-refractivity contribution in [1.29, 1.82) is 0 Å². The van der Waals surface area contributed by atoms with E-state index >= 15 is 0 Å². The molecule has 1 saturated heterocycles. The van der Waals surface area contributed by atoms with E-state index in [4.69, 9.17) is 5.73 Å². The Morgan fingerprint density at radius 2 is 1.67 bits per heavy atom. The number of carbonyl (C=O) groups excluding carboxylic acids is 3. The zero-order chi connectivity index (χ0) is 27.0. The van der Waals surface area contributed by atoms with Gasteiger partial charge < -0.3 is 31.5 Å². The van der Waals surface area contributed by atoms with Crippen LogP contribution < -0.4 is 16.4 Å². The Bertz CT molecular complexity index is 922. The Balaban J connectivity index is 2.24. The van der Waals surface area contributed by atoms with Crippen LogP contribution in [0, 0.1) is 11.8 Å². The molecule has 6 atom stereocenters. The molecule has 1 fully saturated rings. The molecular formula is C26H40N4O6. The first kappa shape index (κ1) is 29.1. The van der Waals surface area contributed by atoms with Gasteiger partial charge in [0.05, 0.1) is 6.04 Å². The van der Waals surface area contributed by atoms with Crippen LogP contribution in [0.1, 0.15) is 58.9 Å². The van der Waals surface area contributed by atoms with Gasteiger partial charge >= 0.3 is 5.97 Å². The van der Waals surface area contributed by atoms with Crippen molar-refractivity contribution in [2.75, 3.05) is 6.54 Å². The number of carbonyl (C=O) groups is 4. The van der Waals surface area contributed by atoms with E-state index in [1.807, 2.05) is 20.8 Å². The zero-order valence-corrected chi connectivity index (χ0v) is 21.6. The molecule has 36 heavy (non-hydrogen) atoms. The van der Waals surface area contributed by atoms with Crippen molar-refractivity contribution in [3.63, 3.8) is 0 Å². The Hall–Kier alpha value is -3.14. The lowest BCUT2D eigenvalue weighted by Gasteiger charge is -2.30. The fraction of sp³-hybridized carbons (Fsp3) is 0.615. The summed E-state index contributed by atoms with van der Waals surface area (Å²) in [6.07, 6.45) is 2.44. The molecule has 10 heteroatoms. The van der Waals surface area contributed by atoms with Crippen LogP contribution >= 0.6 is 0 Å². The van der Waals surface area contributed by atoms with Crippen LogP contribution in [-0.4, -0.2) is 69.5 Å². The number of phenols is 1. The molecule has 1 aromatic carbocycles. The lowest BCUT2D eigenvalue weighted by atomic mass is 9.97. The molecule has 1 aromatic rings. The lowest BCUT2D eigenvalue weighted by Crippen LogP contribution is -2.58. The average molecular weight is 505 g/mol. The third-order valence-corrected chi connectivity index (χ3v) is 7.17. The summed E-state index contributed by atoms with van der Waals surface area (Å²) in [6, 6.07) is 2.54. The summed E-state index contributed by atoms with van der Waals surface area (Å²) in [7, 11) is 0. The molecule has 2 rings (SSSR count). The summed E-state index contributed by atoms with van der Waals surface area (Å²) < 4.78 is 0. The van der Waals surface area contributed by atoms with Gasteiger partial charge in [-0.1, -0.05) is 52.7 Å². The van der Waals surface area contributed by atoms with Crippen LogP contribution in [0.2, 0.25) is 0 Å². The number of carboxylic acid groups (broad SMARTS) is 1. The maximum absolute atomic E-state index is 13.3. The molecule has 6 N–H and O–H groups in total. The van der Waals surface area contributed by atoms with E-state index in [1.54, 1.807) is 19.1 Å². The molecule has 0 saturated carbocycles. The number of benzene rings is 1. The molecule has 6 unspecified atom stereocenters. The number of aliphatic carboxylic acids is 1. The smallest absolute Gasteiger partial charge is 0.326 e. The van der Waals surface area contributed by atoms with Crippen LogP contribution in [0.4, 0.5) is 0 Å². The molecule has 0 aromatic heterocycles. The molecule has 10 nitrogen and oxygen atoms in total. The fourth-order valence-electron chi connectivity index (χ4n) is 4.27. The first-order valence-electron chi connectivity index (χ1n) is 12.7. The summed E-state index contributed by atoms with van der Waals surface area (Å²) in [5, 5.41) is 24.5. The number of likely N-dealkylation sites (tertiary alicyclic amines) is 1. The number of nitrogens with two attached hydrogens (primary N) is 1. The number of nitrogens with zero attached hydrogens (tertiary/aromatic N) is 1. The number of rotatable bonds is 12. The summed E-state index contributed by atoms with van der Waals surface area (Å²) in [4.78, 5) is 52.8. The first-order chi connectivity index (χ1) is 17.0. The van der Waals surface area contributed by atoms with Crippen LogP contribution in [0.15, 0.2) is 24.3 Å². The van der Waals surface area contributed by atoms with Gasteiger partial charge in [-0.15, -0.1) is 0 Å². The Morgan fingerprint density at radius 1 is 1.06 bits per heavy atom. The highest BCUT2D eigenvalue weighted by Gasteiger charge is 2.39. The van der Waals surface area contributed by atoms with Gasteiger partial charge in [0.2, 0.25) is 17.7 Å². The second-order valence-corrected chi connectivity index (χ2v) is 9.74.